The summed E-state index contributed by atoms with van der Waals surface area (Å²) < 4.78 is 30.3. The van der Waals surface area contributed by atoms with Crippen LogP contribution in [0.4, 0.5) is 20.5 Å². The van der Waals surface area contributed by atoms with Crippen LogP contribution in [0, 0.1) is 0 Å². The van der Waals surface area contributed by atoms with Crippen LogP contribution >= 0.6 is 0 Å². The van der Waals surface area contributed by atoms with E-state index in [4.69, 9.17) is 0 Å². The molecule has 2 aliphatic carbocycles. The molecule has 2 saturated carbocycles. The molecule has 4 N–H and O–H groups in total. The third-order valence-electron chi connectivity index (χ3n) is 6.33. The summed E-state index contributed by atoms with van der Waals surface area (Å²) in [7, 11) is 0. The summed E-state index contributed by atoms with van der Waals surface area (Å²) in [4.78, 5) is 10.3. The Bertz CT molecular complexity index is 799. The van der Waals surface area contributed by atoms with Crippen molar-refractivity contribution < 1.29 is 28.8 Å². The van der Waals surface area contributed by atoms with E-state index in [-0.39, 0.29) is 17.9 Å². The molecule has 1 aliphatic heterocycles. The Hall–Kier alpha value is -2.04. The highest BCUT2D eigenvalue weighted by Gasteiger charge is 2.46. The number of fused-ring (bicyclic) bond motifs is 1. The molecule has 1 unspecified atom stereocenters. The molecule has 0 radical (unpaired) electrons. The first-order valence-electron chi connectivity index (χ1n) is 10.4. The molecule has 1 aromatic heterocycles. The van der Waals surface area contributed by atoms with Crippen molar-refractivity contribution in [3.8, 4) is 0 Å². The number of nitrogens with one attached hydrogen (secondary N) is 1. The molecule has 0 aromatic carbocycles. The Labute approximate surface area is 173 Å². The van der Waals surface area contributed by atoms with Crippen LogP contribution in [0.5, 0.6) is 0 Å². The molecule has 3 aliphatic rings. The number of hydrogen-bond donors (Lipinski definition) is 4. The van der Waals surface area contributed by atoms with Gasteiger partial charge in [0.05, 0.1) is 17.7 Å². The summed E-state index contributed by atoms with van der Waals surface area (Å²) >= 11 is 0. The van der Waals surface area contributed by atoms with Crippen LogP contribution in [-0.4, -0.2) is 61.9 Å². The quantitative estimate of drug-likeness (QED) is 0.567. The number of anilines is 2. The molecule has 0 saturated heterocycles. The van der Waals surface area contributed by atoms with Gasteiger partial charge in [-0.2, -0.15) is 13.8 Å². The average molecular weight is 426 g/mol. The molecule has 3 atom stereocenters. The van der Waals surface area contributed by atoms with Gasteiger partial charge >= 0.3 is 6.61 Å². The Morgan fingerprint density at radius 3 is 2.60 bits per heavy atom. The fourth-order valence-corrected chi connectivity index (χ4v) is 4.73. The topological polar surface area (TPSA) is 111 Å². The van der Waals surface area contributed by atoms with Crippen molar-refractivity contribution in [2.75, 3.05) is 10.2 Å². The number of aliphatic hydroxyl groups excluding tert-OH is 2. The van der Waals surface area contributed by atoms with E-state index in [1.54, 1.807) is 6.92 Å². The summed E-state index contributed by atoms with van der Waals surface area (Å²) in [5, 5.41) is 34.6. The van der Waals surface area contributed by atoms with Crippen molar-refractivity contribution in [1.29, 1.82) is 0 Å². The SMILES string of the molecule is C[C@@]1(O)CCC[C@H]1N1c2nc(N[C@H]3CC[C@@H](O)CC3)ncc2C=C(OC(F)F)C1O. The largest absolute Gasteiger partial charge is 0.434 e. The molecular formula is C20H28F2N4O4. The molecule has 10 heteroatoms. The van der Waals surface area contributed by atoms with E-state index < -0.39 is 24.5 Å². The molecule has 2 heterocycles. The maximum Gasteiger partial charge on any atom is 0.387 e. The number of ether oxygens (including phenoxy) is 1. The summed E-state index contributed by atoms with van der Waals surface area (Å²) in [6, 6.07) is -0.389. The van der Waals surface area contributed by atoms with Gasteiger partial charge in [0.15, 0.2) is 12.0 Å². The number of alkyl halides is 2. The fraction of sp³-hybridized carbons (Fsp3) is 0.700. The Balaban J connectivity index is 1.66. The fourth-order valence-electron chi connectivity index (χ4n) is 4.73. The number of aromatic nitrogens is 2. The van der Waals surface area contributed by atoms with Gasteiger partial charge < -0.3 is 30.3 Å². The zero-order chi connectivity index (χ0) is 21.5. The van der Waals surface area contributed by atoms with E-state index >= 15 is 0 Å². The summed E-state index contributed by atoms with van der Waals surface area (Å²) in [6.45, 7) is -1.40. The zero-order valence-electron chi connectivity index (χ0n) is 16.8. The smallest absolute Gasteiger partial charge is 0.387 e. The van der Waals surface area contributed by atoms with Gasteiger partial charge in [-0.15, -0.1) is 0 Å². The monoisotopic (exact) mass is 426 g/mol. The second-order valence-corrected chi connectivity index (χ2v) is 8.59. The van der Waals surface area contributed by atoms with E-state index in [0.29, 0.717) is 43.0 Å². The Kier molecular flexibility index (Phi) is 5.82. The first kappa shape index (κ1) is 21.2. The number of rotatable bonds is 5. The second kappa shape index (κ2) is 8.24. The van der Waals surface area contributed by atoms with E-state index in [2.05, 4.69) is 20.0 Å². The lowest BCUT2D eigenvalue weighted by molar-refractivity contribution is -0.112. The Morgan fingerprint density at radius 1 is 1.23 bits per heavy atom. The van der Waals surface area contributed by atoms with Gasteiger partial charge in [-0.3, -0.25) is 0 Å². The van der Waals surface area contributed by atoms with Crippen LogP contribution in [0.2, 0.25) is 0 Å². The predicted molar refractivity (Wildman–Crippen MR) is 106 cm³/mol. The van der Waals surface area contributed by atoms with Gasteiger partial charge in [0.25, 0.3) is 0 Å². The molecule has 0 spiro atoms. The number of halogens is 2. The number of nitrogens with zero attached hydrogens (tertiary/aromatic N) is 3. The average Bonchev–Trinajstić information content (AvgIpc) is 3.03. The molecule has 8 nitrogen and oxygen atoms in total. The lowest BCUT2D eigenvalue weighted by atomic mass is 9.93. The lowest BCUT2D eigenvalue weighted by Crippen LogP contribution is -2.54. The minimum absolute atomic E-state index is 0.122. The van der Waals surface area contributed by atoms with Crippen molar-refractivity contribution in [1.82, 2.24) is 9.97 Å². The van der Waals surface area contributed by atoms with E-state index in [1.165, 1.54) is 17.2 Å². The number of hydrogen-bond acceptors (Lipinski definition) is 8. The van der Waals surface area contributed by atoms with Crippen LogP contribution in [0.3, 0.4) is 0 Å². The minimum Gasteiger partial charge on any atom is -0.434 e. The summed E-state index contributed by atoms with van der Waals surface area (Å²) in [5.41, 5.74) is -0.674. The molecule has 0 bridgehead atoms. The van der Waals surface area contributed by atoms with Crippen LogP contribution < -0.4 is 10.2 Å². The third kappa shape index (κ3) is 4.21. The Morgan fingerprint density at radius 2 is 1.97 bits per heavy atom. The van der Waals surface area contributed by atoms with Crippen molar-refractivity contribution in [2.24, 2.45) is 0 Å². The third-order valence-corrected chi connectivity index (χ3v) is 6.33. The van der Waals surface area contributed by atoms with Crippen molar-refractivity contribution in [3.05, 3.63) is 17.5 Å². The highest BCUT2D eigenvalue weighted by Crippen LogP contribution is 2.41. The maximum atomic E-state index is 12.9. The van der Waals surface area contributed by atoms with Crippen LogP contribution in [0.15, 0.2) is 12.0 Å². The molecule has 4 rings (SSSR count). The van der Waals surface area contributed by atoms with Crippen molar-refractivity contribution in [3.63, 3.8) is 0 Å². The van der Waals surface area contributed by atoms with Crippen LogP contribution in [-0.2, 0) is 4.74 Å². The minimum atomic E-state index is -3.08. The van der Waals surface area contributed by atoms with Crippen LogP contribution in [0.25, 0.3) is 6.08 Å². The van der Waals surface area contributed by atoms with Crippen LogP contribution in [0.1, 0.15) is 57.4 Å². The maximum absolute atomic E-state index is 12.9. The molecule has 30 heavy (non-hydrogen) atoms. The van der Waals surface area contributed by atoms with Gasteiger partial charge in [-0.05, 0) is 57.9 Å². The van der Waals surface area contributed by atoms with E-state index in [0.717, 1.165) is 19.3 Å². The lowest BCUT2D eigenvalue weighted by Gasteiger charge is -2.42. The molecular weight excluding hydrogens is 398 g/mol. The summed E-state index contributed by atoms with van der Waals surface area (Å²) in [5.74, 6) is 0.423. The highest BCUT2D eigenvalue weighted by atomic mass is 19.3. The van der Waals surface area contributed by atoms with Crippen molar-refractivity contribution in [2.45, 2.75) is 88.5 Å². The van der Waals surface area contributed by atoms with E-state index in [1.807, 2.05) is 0 Å². The normalized spacial score (nSPS) is 34.0. The zero-order valence-corrected chi connectivity index (χ0v) is 16.8. The molecule has 2 fully saturated rings. The first-order valence-corrected chi connectivity index (χ1v) is 10.4. The van der Waals surface area contributed by atoms with Gasteiger partial charge in [-0.1, -0.05) is 0 Å². The molecule has 0 amide bonds. The van der Waals surface area contributed by atoms with Gasteiger partial charge in [-0.25, -0.2) is 4.98 Å². The molecule has 1 aromatic rings. The standard InChI is InChI=1S/C20H28F2N4O4/c1-20(29)8-2-3-15(20)26-16-11(9-14(17(26)28)30-18(21)22)10-23-19(25-16)24-12-4-6-13(27)7-5-12/h9-10,12-13,15,17-18,27-29H,2-8H2,1H3,(H,23,24,25)/t12-,13+,15-,17?,20-/m1/s1. The number of aliphatic hydroxyl groups is 3. The predicted octanol–water partition coefficient (Wildman–Crippen LogP) is 2.21. The van der Waals surface area contributed by atoms with Gasteiger partial charge in [0.2, 0.25) is 5.95 Å². The molecule has 166 valence electrons. The van der Waals surface area contributed by atoms with Gasteiger partial charge in [0, 0.05) is 17.8 Å². The van der Waals surface area contributed by atoms with Gasteiger partial charge in [0.1, 0.15) is 5.82 Å². The summed E-state index contributed by atoms with van der Waals surface area (Å²) in [6.07, 6.45) is 5.89. The second-order valence-electron chi connectivity index (χ2n) is 8.59. The van der Waals surface area contributed by atoms with Crippen molar-refractivity contribution >= 4 is 17.8 Å². The van der Waals surface area contributed by atoms with E-state index in [9.17, 15) is 24.1 Å². The first-order chi connectivity index (χ1) is 14.2. The highest BCUT2D eigenvalue weighted by molar-refractivity contribution is 5.71.